The molecule has 3 unspecified atom stereocenters. The normalized spacial score (nSPS) is 28.5. The molecule has 1 aliphatic rings. The van der Waals surface area contributed by atoms with Crippen LogP contribution in [0.4, 0.5) is 0 Å². The summed E-state index contributed by atoms with van der Waals surface area (Å²) < 4.78 is 1.04. The van der Waals surface area contributed by atoms with Gasteiger partial charge in [0.15, 0.2) is 0 Å². The number of halogens is 1. The summed E-state index contributed by atoms with van der Waals surface area (Å²) in [6, 6.07) is 4.42. The van der Waals surface area contributed by atoms with E-state index in [1.807, 2.05) is 12.3 Å². The highest BCUT2D eigenvalue weighted by molar-refractivity contribution is 9.10. The lowest BCUT2D eigenvalue weighted by molar-refractivity contribution is 0.628. The third-order valence-corrected chi connectivity index (χ3v) is 3.11. The molecule has 0 bridgehead atoms. The largest absolute Gasteiger partial charge is 0.328 e. The van der Waals surface area contributed by atoms with Crippen molar-refractivity contribution in [1.82, 2.24) is 4.98 Å². The molecule has 1 aliphatic carbocycles. The minimum Gasteiger partial charge on any atom is -0.328 e. The lowest BCUT2D eigenvalue weighted by atomic mass is 10.1. The van der Waals surface area contributed by atoms with E-state index < -0.39 is 0 Å². The van der Waals surface area contributed by atoms with Crippen LogP contribution in [-0.2, 0) is 0 Å². The van der Waals surface area contributed by atoms with Gasteiger partial charge in [0, 0.05) is 28.3 Å². The van der Waals surface area contributed by atoms with Crippen molar-refractivity contribution in [3.8, 4) is 0 Å². The fourth-order valence-corrected chi connectivity index (χ4v) is 1.98. The average Bonchev–Trinajstić information content (AvgIpc) is 2.85. The molecule has 2 rings (SSSR count). The topological polar surface area (TPSA) is 38.9 Å². The first-order chi connectivity index (χ1) is 6.18. The van der Waals surface area contributed by atoms with Gasteiger partial charge in [0.05, 0.1) is 0 Å². The van der Waals surface area contributed by atoms with E-state index in [9.17, 15) is 0 Å². The highest BCUT2D eigenvalue weighted by atomic mass is 79.9. The molecule has 0 aliphatic heterocycles. The van der Waals surface area contributed by atoms with Crippen LogP contribution in [0.15, 0.2) is 22.8 Å². The van der Waals surface area contributed by atoms with Crippen LogP contribution in [0.1, 0.15) is 25.0 Å². The van der Waals surface area contributed by atoms with Crippen LogP contribution < -0.4 is 5.73 Å². The molecular formula is C10H13BrN2. The van der Waals surface area contributed by atoms with Crippen LogP contribution in [0.2, 0.25) is 0 Å². The molecule has 3 heteroatoms. The Balaban J connectivity index is 2.08. The Bertz CT molecular complexity index is 294. The van der Waals surface area contributed by atoms with Crippen LogP contribution in [0.25, 0.3) is 0 Å². The van der Waals surface area contributed by atoms with E-state index in [0.717, 1.165) is 4.47 Å². The van der Waals surface area contributed by atoms with Crippen molar-refractivity contribution in [3.63, 3.8) is 0 Å². The minimum absolute atomic E-state index is 0.301. The van der Waals surface area contributed by atoms with E-state index in [0.29, 0.717) is 17.9 Å². The smallest absolute Gasteiger partial charge is 0.0438 e. The fourth-order valence-electron chi connectivity index (χ4n) is 1.74. The molecule has 2 nitrogen and oxygen atoms in total. The molecule has 2 N–H and O–H groups in total. The van der Waals surface area contributed by atoms with E-state index in [1.54, 1.807) is 0 Å². The summed E-state index contributed by atoms with van der Waals surface area (Å²) in [5, 5.41) is 0. The molecule has 70 valence electrons. The monoisotopic (exact) mass is 240 g/mol. The lowest BCUT2D eigenvalue weighted by Crippen LogP contribution is -2.18. The summed E-state index contributed by atoms with van der Waals surface area (Å²) in [5.74, 6) is 1.25. The molecule has 0 amide bonds. The molecule has 0 spiro atoms. The van der Waals surface area contributed by atoms with E-state index >= 15 is 0 Å². The van der Waals surface area contributed by atoms with Crippen LogP contribution in [-0.4, -0.2) is 11.0 Å². The molecule has 1 aromatic rings. The third kappa shape index (κ3) is 1.92. The van der Waals surface area contributed by atoms with Crippen molar-refractivity contribution in [3.05, 3.63) is 28.5 Å². The van der Waals surface area contributed by atoms with Gasteiger partial charge < -0.3 is 5.73 Å². The van der Waals surface area contributed by atoms with Crippen molar-refractivity contribution in [2.75, 3.05) is 0 Å². The number of nitrogens with two attached hydrogens (primary N) is 1. The van der Waals surface area contributed by atoms with Gasteiger partial charge in [0.1, 0.15) is 0 Å². The zero-order chi connectivity index (χ0) is 9.42. The molecule has 1 saturated carbocycles. The summed E-state index contributed by atoms with van der Waals surface area (Å²) in [6.07, 6.45) is 3.05. The van der Waals surface area contributed by atoms with E-state index in [-0.39, 0.29) is 0 Å². The summed E-state index contributed by atoms with van der Waals surface area (Å²) in [6.45, 7) is 2.07. The van der Waals surface area contributed by atoms with E-state index in [4.69, 9.17) is 5.73 Å². The molecule has 13 heavy (non-hydrogen) atoms. The van der Waals surface area contributed by atoms with Crippen LogP contribution in [0.3, 0.4) is 0 Å². The Kier molecular flexibility index (Phi) is 2.39. The quantitative estimate of drug-likeness (QED) is 0.862. The summed E-state index contributed by atoms with van der Waals surface area (Å²) in [4.78, 5) is 4.37. The Morgan fingerprint density at radius 3 is 2.85 bits per heavy atom. The van der Waals surface area contributed by atoms with Crippen LogP contribution in [0, 0.1) is 5.92 Å². The zero-order valence-electron chi connectivity index (χ0n) is 7.57. The number of hydrogen-bond donors (Lipinski definition) is 1. The van der Waals surface area contributed by atoms with Gasteiger partial charge in [-0.1, -0.05) is 0 Å². The van der Waals surface area contributed by atoms with Crippen LogP contribution in [0.5, 0.6) is 0 Å². The van der Waals surface area contributed by atoms with Gasteiger partial charge in [-0.05, 0) is 47.3 Å². The SMILES string of the molecule is CC(N)C1CC1c1ccc(Br)cn1. The summed E-state index contributed by atoms with van der Waals surface area (Å²) >= 11 is 3.37. The standard InChI is InChI=1S/C10H13BrN2/c1-6(12)8-4-9(8)10-3-2-7(11)5-13-10/h2-3,5-6,8-9H,4,12H2,1H3. The van der Waals surface area contributed by atoms with Crippen molar-refractivity contribution in [2.24, 2.45) is 11.7 Å². The lowest BCUT2D eigenvalue weighted by Gasteiger charge is -2.02. The number of hydrogen-bond acceptors (Lipinski definition) is 2. The number of aromatic nitrogens is 1. The van der Waals surface area contributed by atoms with Gasteiger partial charge >= 0.3 is 0 Å². The first kappa shape index (κ1) is 9.16. The van der Waals surface area contributed by atoms with Crippen molar-refractivity contribution >= 4 is 15.9 Å². The minimum atomic E-state index is 0.301. The predicted molar refractivity (Wildman–Crippen MR) is 56.4 cm³/mol. The molecule has 1 fully saturated rings. The van der Waals surface area contributed by atoms with Crippen molar-refractivity contribution < 1.29 is 0 Å². The maximum Gasteiger partial charge on any atom is 0.0438 e. The first-order valence-corrected chi connectivity index (χ1v) is 5.35. The molecule has 1 aromatic heterocycles. The molecule has 0 saturated heterocycles. The second kappa shape index (κ2) is 3.39. The average molecular weight is 241 g/mol. The zero-order valence-corrected chi connectivity index (χ0v) is 9.16. The van der Waals surface area contributed by atoms with Crippen LogP contribution >= 0.6 is 15.9 Å². The summed E-state index contributed by atoms with van der Waals surface area (Å²) in [5.41, 5.74) is 7.00. The number of nitrogens with zero attached hydrogens (tertiary/aromatic N) is 1. The second-order valence-electron chi connectivity index (χ2n) is 3.77. The van der Waals surface area contributed by atoms with Crippen molar-refractivity contribution in [2.45, 2.75) is 25.3 Å². The van der Waals surface area contributed by atoms with E-state index in [2.05, 4.69) is 33.9 Å². The molecule has 0 radical (unpaired) electrons. The second-order valence-corrected chi connectivity index (χ2v) is 4.68. The Morgan fingerprint density at radius 1 is 1.62 bits per heavy atom. The number of rotatable bonds is 2. The molecule has 3 atom stereocenters. The third-order valence-electron chi connectivity index (χ3n) is 2.65. The van der Waals surface area contributed by atoms with E-state index in [1.165, 1.54) is 12.1 Å². The van der Waals surface area contributed by atoms with Crippen molar-refractivity contribution in [1.29, 1.82) is 0 Å². The van der Waals surface area contributed by atoms with Gasteiger partial charge in [-0.25, -0.2) is 0 Å². The fraction of sp³-hybridized carbons (Fsp3) is 0.500. The Hall–Kier alpha value is -0.410. The maximum absolute atomic E-state index is 5.82. The molecular weight excluding hydrogens is 228 g/mol. The Labute approximate surface area is 86.7 Å². The first-order valence-electron chi connectivity index (χ1n) is 4.55. The predicted octanol–water partition coefficient (Wildman–Crippen LogP) is 2.29. The summed E-state index contributed by atoms with van der Waals surface area (Å²) in [7, 11) is 0. The van der Waals surface area contributed by atoms with Gasteiger partial charge in [0.25, 0.3) is 0 Å². The number of pyridine rings is 1. The van der Waals surface area contributed by atoms with Gasteiger partial charge in [-0.3, -0.25) is 4.98 Å². The van der Waals surface area contributed by atoms with Gasteiger partial charge in [-0.15, -0.1) is 0 Å². The highest BCUT2D eigenvalue weighted by Crippen LogP contribution is 2.48. The van der Waals surface area contributed by atoms with Gasteiger partial charge in [-0.2, -0.15) is 0 Å². The molecule has 1 heterocycles. The highest BCUT2D eigenvalue weighted by Gasteiger charge is 2.41. The Morgan fingerprint density at radius 2 is 2.38 bits per heavy atom. The maximum atomic E-state index is 5.82. The van der Waals surface area contributed by atoms with Gasteiger partial charge in [0.2, 0.25) is 0 Å². The molecule has 0 aromatic carbocycles.